The smallest absolute Gasteiger partial charge is 0.0730 e. The van der Waals surface area contributed by atoms with Crippen LogP contribution < -0.4 is 11.3 Å². The van der Waals surface area contributed by atoms with Crippen molar-refractivity contribution in [3.05, 3.63) is 65.0 Å². The lowest BCUT2D eigenvalue weighted by Gasteiger charge is -2.28. The van der Waals surface area contributed by atoms with E-state index in [-0.39, 0.29) is 11.5 Å². The van der Waals surface area contributed by atoms with E-state index in [0.717, 1.165) is 5.56 Å². The van der Waals surface area contributed by atoms with Crippen molar-refractivity contribution in [2.24, 2.45) is 5.84 Å². The van der Waals surface area contributed by atoms with E-state index in [1.165, 1.54) is 16.7 Å². The van der Waals surface area contributed by atoms with Gasteiger partial charge in [0.2, 0.25) is 0 Å². The van der Waals surface area contributed by atoms with Gasteiger partial charge in [-0.2, -0.15) is 0 Å². The molecule has 1 atom stereocenters. The Labute approximate surface area is 121 Å². The fourth-order valence-electron chi connectivity index (χ4n) is 2.56. The summed E-state index contributed by atoms with van der Waals surface area (Å²) in [5.41, 5.74) is 7.83. The molecule has 20 heavy (non-hydrogen) atoms. The molecule has 0 aliphatic heterocycles. The van der Waals surface area contributed by atoms with Crippen molar-refractivity contribution in [2.75, 3.05) is 0 Å². The molecule has 106 valence electrons. The second-order valence-corrected chi connectivity index (χ2v) is 6.17. The molecule has 1 unspecified atom stereocenters. The molecule has 3 nitrogen and oxygen atoms in total. The molecule has 1 heterocycles. The molecule has 0 saturated carbocycles. The molecule has 2 aromatic rings. The van der Waals surface area contributed by atoms with Gasteiger partial charge in [0.1, 0.15) is 0 Å². The third-order valence-electron chi connectivity index (χ3n) is 3.64. The molecule has 2 rings (SSSR count). The summed E-state index contributed by atoms with van der Waals surface area (Å²) in [6.45, 7) is 8.74. The number of nitrogens with one attached hydrogen (secondary N) is 1. The fraction of sp³-hybridized carbons (Fsp3) is 0.353. The van der Waals surface area contributed by atoms with E-state index in [0.29, 0.717) is 0 Å². The van der Waals surface area contributed by atoms with Crippen molar-refractivity contribution in [3.8, 4) is 0 Å². The minimum Gasteiger partial charge on any atom is -0.271 e. The Bertz CT molecular complexity index is 585. The van der Waals surface area contributed by atoms with Crippen LogP contribution in [0.5, 0.6) is 0 Å². The van der Waals surface area contributed by atoms with E-state index in [1.54, 1.807) is 0 Å². The third kappa shape index (κ3) is 2.89. The number of nitrogens with two attached hydrogens (primary N) is 1. The lowest BCUT2D eigenvalue weighted by atomic mass is 9.80. The number of rotatable bonds is 3. The number of aryl methyl sites for hydroxylation is 1. The summed E-state index contributed by atoms with van der Waals surface area (Å²) in [5, 5.41) is 0. The Hall–Kier alpha value is -1.71. The van der Waals surface area contributed by atoms with Gasteiger partial charge in [0.25, 0.3) is 0 Å². The highest BCUT2D eigenvalue weighted by Crippen LogP contribution is 2.32. The number of pyridine rings is 1. The lowest BCUT2D eigenvalue weighted by Crippen LogP contribution is -2.31. The molecule has 0 aliphatic rings. The zero-order valence-corrected chi connectivity index (χ0v) is 12.6. The maximum atomic E-state index is 5.84. The van der Waals surface area contributed by atoms with E-state index in [4.69, 9.17) is 5.84 Å². The topological polar surface area (TPSA) is 50.9 Å². The van der Waals surface area contributed by atoms with Gasteiger partial charge in [-0.05, 0) is 40.7 Å². The van der Waals surface area contributed by atoms with E-state index >= 15 is 0 Å². The Morgan fingerprint density at radius 2 is 1.80 bits per heavy atom. The number of nitrogens with zero attached hydrogens (tertiary/aromatic N) is 1. The van der Waals surface area contributed by atoms with Crippen molar-refractivity contribution in [1.29, 1.82) is 0 Å². The molecular formula is C17H23N3. The monoisotopic (exact) mass is 269 g/mol. The summed E-state index contributed by atoms with van der Waals surface area (Å²) < 4.78 is 0. The van der Waals surface area contributed by atoms with Crippen LogP contribution in [0.1, 0.15) is 49.1 Å². The van der Waals surface area contributed by atoms with Crippen LogP contribution in [0.3, 0.4) is 0 Å². The number of benzene rings is 1. The Kier molecular flexibility index (Phi) is 4.21. The summed E-state index contributed by atoms with van der Waals surface area (Å²) in [6, 6.07) is 10.4. The number of aromatic nitrogens is 1. The van der Waals surface area contributed by atoms with Crippen LogP contribution in [0.2, 0.25) is 0 Å². The van der Waals surface area contributed by atoms with Crippen LogP contribution in [0.4, 0.5) is 0 Å². The van der Waals surface area contributed by atoms with Gasteiger partial charge in [0.15, 0.2) is 0 Å². The maximum absolute atomic E-state index is 5.84. The van der Waals surface area contributed by atoms with E-state index in [9.17, 15) is 0 Å². The Morgan fingerprint density at radius 3 is 2.40 bits per heavy atom. The minimum absolute atomic E-state index is 0.0425. The van der Waals surface area contributed by atoms with Crippen molar-refractivity contribution in [2.45, 2.75) is 39.2 Å². The molecule has 0 radical (unpaired) electrons. The van der Waals surface area contributed by atoms with Gasteiger partial charge in [-0.25, -0.2) is 5.43 Å². The Morgan fingerprint density at radius 1 is 1.10 bits per heavy atom. The first-order valence-electron chi connectivity index (χ1n) is 6.91. The predicted molar refractivity (Wildman–Crippen MR) is 83.3 cm³/mol. The van der Waals surface area contributed by atoms with Crippen LogP contribution in [-0.4, -0.2) is 4.98 Å². The molecule has 3 heteroatoms. The average molecular weight is 269 g/mol. The van der Waals surface area contributed by atoms with E-state index < -0.39 is 0 Å². The van der Waals surface area contributed by atoms with Crippen LogP contribution in [-0.2, 0) is 5.41 Å². The van der Waals surface area contributed by atoms with E-state index in [2.05, 4.69) is 62.4 Å². The second-order valence-electron chi connectivity index (χ2n) is 6.17. The summed E-state index contributed by atoms with van der Waals surface area (Å²) in [7, 11) is 0. The lowest BCUT2D eigenvalue weighted by molar-refractivity contribution is 0.556. The minimum atomic E-state index is -0.0425. The molecule has 0 amide bonds. The molecule has 0 aliphatic carbocycles. The van der Waals surface area contributed by atoms with Crippen molar-refractivity contribution < 1.29 is 0 Å². The summed E-state index contributed by atoms with van der Waals surface area (Å²) in [4.78, 5) is 4.24. The molecule has 0 spiro atoms. The van der Waals surface area contributed by atoms with Gasteiger partial charge in [-0.15, -0.1) is 0 Å². The molecular weight excluding hydrogens is 246 g/mol. The summed E-state index contributed by atoms with van der Waals surface area (Å²) in [5.74, 6) is 5.84. The van der Waals surface area contributed by atoms with Gasteiger partial charge in [-0.3, -0.25) is 10.8 Å². The number of hydrogen-bond acceptors (Lipinski definition) is 3. The van der Waals surface area contributed by atoms with Gasteiger partial charge in [-0.1, -0.05) is 45.0 Å². The van der Waals surface area contributed by atoms with Crippen LogP contribution in [0.25, 0.3) is 0 Å². The number of hydrogen-bond donors (Lipinski definition) is 2. The average Bonchev–Trinajstić information content (AvgIpc) is 2.41. The first-order chi connectivity index (χ1) is 9.45. The normalized spacial score (nSPS) is 13.2. The molecule has 0 bridgehead atoms. The zero-order valence-electron chi connectivity index (χ0n) is 12.6. The van der Waals surface area contributed by atoms with Crippen LogP contribution in [0.15, 0.2) is 42.7 Å². The maximum Gasteiger partial charge on any atom is 0.0730 e. The number of hydrazine groups is 1. The van der Waals surface area contributed by atoms with Crippen LogP contribution >= 0.6 is 0 Å². The van der Waals surface area contributed by atoms with Gasteiger partial charge in [0, 0.05) is 12.4 Å². The summed E-state index contributed by atoms with van der Waals surface area (Å²) in [6.07, 6.45) is 3.70. The van der Waals surface area contributed by atoms with Crippen LogP contribution in [0, 0.1) is 6.92 Å². The highest BCUT2D eigenvalue weighted by Gasteiger charge is 2.23. The van der Waals surface area contributed by atoms with Crippen molar-refractivity contribution in [1.82, 2.24) is 10.4 Å². The molecule has 1 aromatic carbocycles. The first-order valence-corrected chi connectivity index (χ1v) is 6.91. The summed E-state index contributed by atoms with van der Waals surface area (Å²) >= 11 is 0. The molecule has 0 fully saturated rings. The van der Waals surface area contributed by atoms with Gasteiger partial charge >= 0.3 is 0 Å². The van der Waals surface area contributed by atoms with Crippen molar-refractivity contribution >= 4 is 0 Å². The quantitative estimate of drug-likeness (QED) is 0.664. The SMILES string of the molecule is Cc1ccncc1C(NN)c1ccccc1C(C)(C)C. The van der Waals surface area contributed by atoms with Gasteiger partial charge < -0.3 is 0 Å². The van der Waals surface area contributed by atoms with Gasteiger partial charge in [0.05, 0.1) is 6.04 Å². The highest BCUT2D eigenvalue weighted by molar-refractivity contribution is 5.42. The molecule has 0 saturated heterocycles. The first kappa shape index (κ1) is 14.7. The fourth-order valence-corrected chi connectivity index (χ4v) is 2.56. The van der Waals surface area contributed by atoms with Crippen molar-refractivity contribution in [3.63, 3.8) is 0 Å². The third-order valence-corrected chi connectivity index (χ3v) is 3.64. The molecule has 1 aromatic heterocycles. The largest absolute Gasteiger partial charge is 0.271 e. The highest BCUT2D eigenvalue weighted by atomic mass is 15.2. The zero-order chi connectivity index (χ0) is 14.8. The standard InChI is InChI=1S/C17H23N3/c1-12-9-10-19-11-14(12)16(20-18)13-7-5-6-8-15(13)17(2,3)4/h5-11,16,20H,18H2,1-4H3. The Balaban J connectivity index is 2.57. The van der Waals surface area contributed by atoms with E-state index in [1.807, 2.05) is 18.5 Å². The second kappa shape index (κ2) is 5.73. The predicted octanol–water partition coefficient (Wildman–Crippen LogP) is 3.24. The molecule has 3 N–H and O–H groups in total.